The number of amides is 1. The molecule has 1 fully saturated rings. The van der Waals surface area contributed by atoms with Crippen molar-refractivity contribution < 1.29 is 9.53 Å². The van der Waals surface area contributed by atoms with E-state index in [1.165, 1.54) is 10.5 Å². The van der Waals surface area contributed by atoms with E-state index in [0.717, 1.165) is 5.56 Å². The molecule has 8 heteroatoms. The Kier molecular flexibility index (Phi) is 6.52. The topological polar surface area (TPSA) is 99.7 Å². The first kappa shape index (κ1) is 22.2. The van der Waals surface area contributed by atoms with Crippen molar-refractivity contribution in [2.24, 2.45) is 0 Å². The summed E-state index contributed by atoms with van der Waals surface area (Å²) in [4.78, 5) is 32.8. The smallest absolute Gasteiger partial charge is 0.267 e. The third-order valence-electron chi connectivity index (χ3n) is 5.42. The molecular formula is C25H25N5O3. The molecule has 1 amide bonds. The minimum atomic E-state index is -0.548. The number of carbonyl (C=O) groups is 1. The van der Waals surface area contributed by atoms with E-state index < -0.39 is 5.91 Å². The van der Waals surface area contributed by atoms with E-state index in [2.05, 4.69) is 5.32 Å². The molecule has 1 aromatic carbocycles. The molecule has 3 heterocycles. The van der Waals surface area contributed by atoms with Gasteiger partial charge in [-0.05, 0) is 37.6 Å². The van der Waals surface area contributed by atoms with Gasteiger partial charge < -0.3 is 15.0 Å². The predicted molar refractivity (Wildman–Crippen MR) is 126 cm³/mol. The Labute approximate surface area is 191 Å². The fraction of sp³-hybridized carbons (Fsp3) is 0.280. The van der Waals surface area contributed by atoms with Crippen molar-refractivity contribution in [3.8, 4) is 6.07 Å². The lowest BCUT2D eigenvalue weighted by molar-refractivity contribution is -0.117. The van der Waals surface area contributed by atoms with Gasteiger partial charge in [0.1, 0.15) is 23.1 Å². The molecule has 1 aliphatic rings. The standard InChI is InChI=1S/C25H25N5O3/c1-17-15-29(16-18(2)33-17)23-21(25(32)30-11-7-6-10-22(30)28-23)12-20(13-26)24(31)27-14-19-8-4-3-5-9-19/h3-12,17-18H,14-16H2,1-2H3,(H,27,31)/b20-12+/t17-,18-/m0/s1. The van der Waals surface area contributed by atoms with Crippen molar-refractivity contribution in [2.75, 3.05) is 18.0 Å². The molecular weight excluding hydrogens is 418 g/mol. The molecule has 2 aromatic heterocycles. The van der Waals surface area contributed by atoms with Gasteiger partial charge in [-0.1, -0.05) is 36.4 Å². The number of rotatable bonds is 5. The molecule has 0 aliphatic carbocycles. The van der Waals surface area contributed by atoms with Gasteiger partial charge in [-0.25, -0.2) is 4.98 Å². The number of nitrogens with one attached hydrogen (secondary N) is 1. The highest BCUT2D eigenvalue weighted by molar-refractivity contribution is 6.02. The first-order valence-corrected chi connectivity index (χ1v) is 10.8. The number of nitrogens with zero attached hydrogens (tertiary/aromatic N) is 4. The molecule has 33 heavy (non-hydrogen) atoms. The highest BCUT2D eigenvalue weighted by Gasteiger charge is 2.27. The molecule has 0 spiro atoms. The second-order valence-corrected chi connectivity index (χ2v) is 8.08. The van der Waals surface area contributed by atoms with Crippen LogP contribution in [0.3, 0.4) is 0 Å². The number of aromatic nitrogens is 2. The molecule has 168 valence electrons. The summed E-state index contributed by atoms with van der Waals surface area (Å²) >= 11 is 0. The molecule has 0 unspecified atom stereocenters. The highest BCUT2D eigenvalue weighted by Crippen LogP contribution is 2.23. The Balaban J connectivity index is 1.75. The molecule has 0 saturated carbocycles. The van der Waals surface area contributed by atoms with E-state index in [0.29, 0.717) is 24.6 Å². The Morgan fingerprint density at radius 3 is 2.58 bits per heavy atom. The van der Waals surface area contributed by atoms with Crippen LogP contribution in [0.1, 0.15) is 25.0 Å². The second-order valence-electron chi connectivity index (χ2n) is 8.08. The lowest BCUT2D eigenvalue weighted by Crippen LogP contribution is -2.46. The number of hydrogen-bond acceptors (Lipinski definition) is 6. The second kappa shape index (κ2) is 9.67. The summed E-state index contributed by atoms with van der Waals surface area (Å²) in [5, 5.41) is 12.4. The van der Waals surface area contributed by atoms with Crippen molar-refractivity contribution in [3.05, 3.63) is 81.8 Å². The third kappa shape index (κ3) is 4.94. The minimum Gasteiger partial charge on any atom is -0.372 e. The molecule has 2 atom stereocenters. The van der Waals surface area contributed by atoms with E-state index in [9.17, 15) is 14.9 Å². The first-order chi connectivity index (χ1) is 16.0. The number of carbonyl (C=O) groups excluding carboxylic acids is 1. The fourth-order valence-corrected chi connectivity index (χ4v) is 3.98. The highest BCUT2D eigenvalue weighted by atomic mass is 16.5. The Morgan fingerprint density at radius 1 is 1.18 bits per heavy atom. The van der Waals surface area contributed by atoms with Gasteiger partial charge in [0.25, 0.3) is 11.5 Å². The zero-order valence-corrected chi connectivity index (χ0v) is 18.6. The largest absolute Gasteiger partial charge is 0.372 e. The van der Waals surface area contributed by atoms with Crippen LogP contribution in [0.4, 0.5) is 5.82 Å². The lowest BCUT2D eigenvalue weighted by atomic mass is 10.1. The summed E-state index contributed by atoms with van der Waals surface area (Å²) < 4.78 is 7.24. The normalized spacial score (nSPS) is 18.7. The molecule has 4 rings (SSSR count). The molecule has 1 saturated heterocycles. The molecule has 8 nitrogen and oxygen atoms in total. The summed E-state index contributed by atoms with van der Waals surface area (Å²) in [5.74, 6) is -0.106. The zero-order chi connectivity index (χ0) is 23.4. The lowest BCUT2D eigenvalue weighted by Gasteiger charge is -2.36. The number of fused-ring (bicyclic) bond motifs is 1. The Morgan fingerprint density at radius 2 is 1.88 bits per heavy atom. The van der Waals surface area contributed by atoms with Crippen molar-refractivity contribution in [3.63, 3.8) is 0 Å². The Hall–Kier alpha value is -3.96. The van der Waals surface area contributed by atoms with Crippen molar-refractivity contribution >= 4 is 23.4 Å². The van der Waals surface area contributed by atoms with Crippen molar-refractivity contribution in [1.82, 2.24) is 14.7 Å². The number of pyridine rings is 1. The summed E-state index contributed by atoms with van der Waals surface area (Å²) in [6, 6.07) is 16.6. The van der Waals surface area contributed by atoms with Crippen LogP contribution in [0, 0.1) is 11.3 Å². The number of ether oxygens (including phenoxy) is 1. The van der Waals surface area contributed by atoms with Gasteiger partial charge >= 0.3 is 0 Å². The number of morpholine rings is 1. The maximum Gasteiger partial charge on any atom is 0.267 e. The number of benzene rings is 1. The maximum atomic E-state index is 13.4. The van der Waals surface area contributed by atoms with Gasteiger partial charge in [-0.15, -0.1) is 0 Å². The minimum absolute atomic E-state index is 0.0498. The summed E-state index contributed by atoms with van der Waals surface area (Å²) in [6.45, 7) is 5.29. The first-order valence-electron chi connectivity index (χ1n) is 10.8. The SMILES string of the molecule is C[C@H]1CN(c2nc3ccccn3c(=O)c2/C=C(\C#N)C(=O)NCc2ccccc2)C[C@H](C)O1. The van der Waals surface area contributed by atoms with Gasteiger partial charge in [-0.3, -0.25) is 14.0 Å². The van der Waals surface area contributed by atoms with E-state index in [-0.39, 0.29) is 35.4 Å². The monoisotopic (exact) mass is 443 g/mol. The van der Waals surface area contributed by atoms with Crippen LogP contribution in [0.25, 0.3) is 11.7 Å². The molecule has 3 aromatic rings. The van der Waals surface area contributed by atoms with Gasteiger partial charge in [0.05, 0.1) is 17.8 Å². The van der Waals surface area contributed by atoms with Gasteiger partial charge in [-0.2, -0.15) is 5.26 Å². The summed E-state index contributed by atoms with van der Waals surface area (Å²) in [5.41, 5.74) is 1.11. The molecule has 1 aliphatic heterocycles. The van der Waals surface area contributed by atoms with Crippen LogP contribution >= 0.6 is 0 Å². The van der Waals surface area contributed by atoms with Crippen molar-refractivity contribution in [2.45, 2.75) is 32.6 Å². The molecule has 0 bridgehead atoms. The van der Waals surface area contributed by atoms with Crippen LogP contribution in [0.5, 0.6) is 0 Å². The average molecular weight is 444 g/mol. The summed E-state index contributed by atoms with van der Waals surface area (Å²) in [6.07, 6.45) is 2.87. The summed E-state index contributed by atoms with van der Waals surface area (Å²) in [7, 11) is 0. The van der Waals surface area contributed by atoms with Crippen molar-refractivity contribution in [1.29, 1.82) is 5.26 Å². The van der Waals surface area contributed by atoms with Crippen LogP contribution in [-0.4, -0.2) is 40.6 Å². The van der Waals surface area contributed by atoms with Crippen LogP contribution in [0.2, 0.25) is 0 Å². The van der Waals surface area contributed by atoms with Gasteiger partial charge in [0.15, 0.2) is 0 Å². The van der Waals surface area contributed by atoms with Crippen LogP contribution in [0.15, 0.2) is 65.1 Å². The van der Waals surface area contributed by atoms with Gasteiger partial charge in [0, 0.05) is 25.8 Å². The van der Waals surface area contributed by atoms with Gasteiger partial charge in [0.2, 0.25) is 0 Å². The number of anilines is 1. The molecule has 1 N–H and O–H groups in total. The predicted octanol–water partition coefficient (Wildman–Crippen LogP) is 2.53. The number of hydrogen-bond donors (Lipinski definition) is 1. The van der Waals surface area contributed by atoms with E-state index in [4.69, 9.17) is 9.72 Å². The van der Waals surface area contributed by atoms with E-state index in [1.807, 2.05) is 61.2 Å². The van der Waals surface area contributed by atoms with E-state index in [1.54, 1.807) is 18.3 Å². The van der Waals surface area contributed by atoms with Crippen LogP contribution < -0.4 is 15.8 Å². The molecule has 0 radical (unpaired) electrons. The quantitative estimate of drug-likeness (QED) is 0.481. The van der Waals surface area contributed by atoms with E-state index >= 15 is 0 Å². The Bertz CT molecular complexity index is 1280. The number of nitriles is 1. The maximum absolute atomic E-state index is 13.4. The zero-order valence-electron chi connectivity index (χ0n) is 18.6. The average Bonchev–Trinajstić information content (AvgIpc) is 2.82. The van der Waals surface area contributed by atoms with Crippen LogP contribution in [-0.2, 0) is 16.1 Å². The third-order valence-corrected chi connectivity index (χ3v) is 5.42. The fourth-order valence-electron chi connectivity index (χ4n) is 3.98.